The number of piperidine rings is 1. The third-order valence-electron chi connectivity index (χ3n) is 5.05. The monoisotopic (exact) mass is 388 g/mol. The van der Waals surface area contributed by atoms with E-state index in [1.807, 2.05) is 54.6 Å². The van der Waals surface area contributed by atoms with Crippen molar-refractivity contribution in [1.82, 2.24) is 10.2 Å². The van der Waals surface area contributed by atoms with Gasteiger partial charge in [-0.1, -0.05) is 54.1 Å². The number of nitrogens with zero attached hydrogens (tertiary/aromatic N) is 1. The van der Waals surface area contributed by atoms with Crippen molar-refractivity contribution in [3.8, 4) is 0 Å². The molecule has 2 aromatic carbocycles. The number of hydrogen-bond donors (Lipinski definition) is 3. The van der Waals surface area contributed by atoms with Crippen molar-refractivity contribution in [2.45, 2.75) is 31.1 Å². The number of hydrogen-bond acceptors (Lipinski definition) is 4. The largest absolute Gasteiger partial charge is 0.388 e. The van der Waals surface area contributed by atoms with Gasteiger partial charge in [0.1, 0.15) is 11.7 Å². The van der Waals surface area contributed by atoms with E-state index in [1.165, 1.54) is 0 Å². The number of nitrogens with one attached hydrogen (secondary N) is 1. The fraction of sp³-hybridized carbons (Fsp3) is 0.381. The van der Waals surface area contributed by atoms with Crippen molar-refractivity contribution >= 4 is 17.5 Å². The number of aliphatic hydroxyl groups excluding tert-OH is 1. The predicted octanol–water partition coefficient (Wildman–Crippen LogP) is 2.00. The summed E-state index contributed by atoms with van der Waals surface area (Å²) < 4.78 is 0. The Hall–Kier alpha value is -1.92. The molecule has 2 atom stereocenters. The summed E-state index contributed by atoms with van der Waals surface area (Å²) in [6.45, 7) is 1.41. The van der Waals surface area contributed by atoms with Crippen LogP contribution in [-0.2, 0) is 17.8 Å². The lowest BCUT2D eigenvalue weighted by Crippen LogP contribution is -2.60. The molecule has 0 spiro atoms. The normalized spacial score (nSPS) is 22.6. The van der Waals surface area contributed by atoms with Gasteiger partial charge in [0.15, 0.2) is 0 Å². The summed E-state index contributed by atoms with van der Waals surface area (Å²) in [7, 11) is 0. The molecule has 0 saturated carbocycles. The van der Waals surface area contributed by atoms with E-state index < -0.39 is 11.7 Å². The Kier molecular flexibility index (Phi) is 6.50. The van der Waals surface area contributed by atoms with Crippen LogP contribution in [0, 0.1) is 0 Å². The molecule has 0 radical (unpaired) electrons. The topological polar surface area (TPSA) is 72.8 Å². The molecule has 1 fully saturated rings. The third-order valence-corrected chi connectivity index (χ3v) is 5.30. The lowest BCUT2D eigenvalue weighted by atomic mass is 9.88. The summed E-state index contributed by atoms with van der Waals surface area (Å²) in [4.78, 5) is 14.1. The highest BCUT2D eigenvalue weighted by molar-refractivity contribution is 6.30. The molecule has 3 rings (SSSR count). The number of rotatable bonds is 6. The van der Waals surface area contributed by atoms with Crippen LogP contribution in [-0.4, -0.2) is 52.4 Å². The lowest BCUT2D eigenvalue weighted by molar-refractivity contribution is -0.148. The number of aliphatic hydroxyl groups is 2. The highest BCUT2D eigenvalue weighted by Crippen LogP contribution is 2.23. The molecule has 27 heavy (non-hydrogen) atoms. The van der Waals surface area contributed by atoms with Gasteiger partial charge in [-0.25, -0.2) is 0 Å². The molecule has 3 N–H and O–H groups in total. The zero-order valence-electron chi connectivity index (χ0n) is 15.1. The first-order valence-electron chi connectivity index (χ1n) is 9.13. The Morgan fingerprint density at radius 2 is 1.85 bits per heavy atom. The molecule has 0 aromatic heterocycles. The molecule has 5 nitrogen and oxygen atoms in total. The van der Waals surface area contributed by atoms with Crippen molar-refractivity contribution in [2.24, 2.45) is 0 Å². The van der Waals surface area contributed by atoms with Gasteiger partial charge in [-0.15, -0.1) is 0 Å². The Labute approximate surface area is 164 Å². The van der Waals surface area contributed by atoms with Crippen LogP contribution in [0.2, 0.25) is 5.02 Å². The Bertz CT molecular complexity index is 754. The Morgan fingerprint density at radius 1 is 1.15 bits per heavy atom. The quantitative estimate of drug-likeness (QED) is 0.707. The van der Waals surface area contributed by atoms with Gasteiger partial charge in [0.2, 0.25) is 5.91 Å². The maximum Gasteiger partial charge on any atom is 0.227 e. The highest BCUT2D eigenvalue weighted by Gasteiger charge is 2.41. The second-order valence-corrected chi connectivity index (χ2v) is 7.54. The van der Waals surface area contributed by atoms with Crippen LogP contribution in [0.15, 0.2) is 54.6 Å². The molecule has 1 heterocycles. The highest BCUT2D eigenvalue weighted by atomic mass is 35.5. The molecule has 1 aliphatic heterocycles. The van der Waals surface area contributed by atoms with Crippen LogP contribution < -0.4 is 5.32 Å². The molecule has 0 unspecified atom stereocenters. The van der Waals surface area contributed by atoms with Crippen LogP contribution >= 0.6 is 11.6 Å². The number of carbonyl (C=O) groups excluding carboxylic acids is 1. The fourth-order valence-electron chi connectivity index (χ4n) is 3.31. The van der Waals surface area contributed by atoms with Crippen molar-refractivity contribution in [2.75, 3.05) is 19.6 Å². The molecule has 1 aliphatic rings. The van der Waals surface area contributed by atoms with Crippen LogP contribution in [0.3, 0.4) is 0 Å². The molecule has 0 aliphatic carbocycles. The summed E-state index contributed by atoms with van der Waals surface area (Å²) in [6.07, 6.45) is -0.341. The summed E-state index contributed by atoms with van der Waals surface area (Å²) in [6, 6.07) is 17.0. The van der Waals surface area contributed by atoms with Crippen LogP contribution in [0.4, 0.5) is 0 Å². The number of halogens is 1. The summed E-state index contributed by atoms with van der Waals surface area (Å²) in [5.41, 5.74) is 0.756. The maximum atomic E-state index is 12.5. The van der Waals surface area contributed by atoms with Gasteiger partial charge in [-0.05, 0) is 29.7 Å². The Balaban J connectivity index is 1.49. The van der Waals surface area contributed by atoms with Gasteiger partial charge in [0.25, 0.3) is 0 Å². The minimum absolute atomic E-state index is 0.0311. The van der Waals surface area contributed by atoms with E-state index in [4.69, 9.17) is 11.6 Å². The summed E-state index contributed by atoms with van der Waals surface area (Å²) in [5, 5.41) is 25.1. The average Bonchev–Trinajstić information content (AvgIpc) is 2.66. The standard InChI is InChI=1S/C21H25ClN2O3/c22-18-8-6-17(7-9-18)13-23-15-21(27)10-11-24(14-19(21)25)20(26)12-16-4-2-1-3-5-16/h1-9,19,23,25,27H,10-15H2/t19-,21-/m0/s1. The van der Waals surface area contributed by atoms with E-state index in [1.54, 1.807) is 4.90 Å². The SMILES string of the molecule is O=C(Cc1ccccc1)N1CC[C@](O)(CNCc2ccc(Cl)cc2)[C@@H](O)C1. The van der Waals surface area contributed by atoms with Crippen molar-refractivity contribution < 1.29 is 15.0 Å². The summed E-state index contributed by atoms with van der Waals surface area (Å²) >= 11 is 5.87. The van der Waals surface area contributed by atoms with Crippen LogP contribution in [0.1, 0.15) is 17.5 Å². The minimum Gasteiger partial charge on any atom is -0.388 e. The minimum atomic E-state index is -1.24. The van der Waals surface area contributed by atoms with Gasteiger partial charge in [-0.3, -0.25) is 4.79 Å². The van der Waals surface area contributed by atoms with Gasteiger partial charge in [0.05, 0.1) is 6.42 Å². The fourth-order valence-corrected chi connectivity index (χ4v) is 3.43. The number of carbonyl (C=O) groups is 1. The summed E-state index contributed by atoms with van der Waals surface area (Å²) in [5.74, 6) is -0.0311. The van der Waals surface area contributed by atoms with Crippen molar-refractivity contribution in [3.05, 3.63) is 70.7 Å². The maximum absolute atomic E-state index is 12.5. The zero-order valence-corrected chi connectivity index (χ0v) is 15.9. The first kappa shape index (κ1) is 19.8. The van der Waals surface area contributed by atoms with Gasteiger partial charge in [0, 0.05) is 31.2 Å². The second kappa shape index (κ2) is 8.85. The van der Waals surface area contributed by atoms with E-state index in [-0.39, 0.29) is 19.0 Å². The smallest absolute Gasteiger partial charge is 0.227 e. The van der Waals surface area contributed by atoms with E-state index in [0.29, 0.717) is 31.0 Å². The number of amides is 1. The van der Waals surface area contributed by atoms with Gasteiger partial charge < -0.3 is 20.4 Å². The Morgan fingerprint density at radius 3 is 2.52 bits per heavy atom. The first-order valence-corrected chi connectivity index (χ1v) is 9.51. The first-order chi connectivity index (χ1) is 13.0. The van der Waals surface area contributed by atoms with E-state index in [9.17, 15) is 15.0 Å². The molecule has 2 aromatic rings. The van der Waals surface area contributed by atoms with Crippen molar-refractivity contribution in [1.29, 1.82) is 0 Å². The molecular weight excluding hydrogens is 364 g/mol. The molecule has 1 saturated heterocycles. The zero-order chi connectivity index (χ0) is 19.3. The number of benzene rings is 2. The molecular formula is C21H25ClN2O3. The van der Waals surface area contributed by atoms with Gasteiger partial charge in [-0.2, -0.15) is 0 Å². The van der Waals surface area contributed by atoms with Crippen LogP contribution in [0.25, 0.3) is 0 Å². The second-order valence-electron chi connectivity index (χ2n) is 7.10. The third kappa shape index (κ3) is 5.30. The molecule has 0 bridgehead atoms. The van der Waals surface area contributed by atoms with Crippen molar-refractivity contribution in [3.63, 3.8) is 0 Å². The predicted molar refractivity (Wildman–Crippen MR) is 105 cm³/mol. The lowest BCUT2D eigenvalue weighted by Gasteiger charge is -2.42. The van der Waals surface area contributed by atoms with Gasteiger partial charge >= 0.3 is 0 Å². The number of likely N-dealkylation sites (tertiary alicyclic amines) is 1. The van der Waals surface area contributed by atoms with E-state index >= 15 is 0 Å². The molecule has 1 amide bonds. The number of β-amino-alcohol motifs (C(OH)–C–C–N with tert-alkyl or cyclic N) is 1. The average molecular weight is 389 g/mol. The molecule has 144 valence electrons. The van der Waals surface area contributed by atoms with E-state index in [2.05, 4.69) is 5.32 Å². The van der Waals surface area contributed by atoms with E-state index in [0.717, 1.165) is 11.1 Å². The van der Waals surface area contributed by atoms with Crippen LogP contribution in [0.5, 0.6) is 0 Å². The molecule has 6 heteroatoms.